The molecule has 3 fully saturated rings. The van der Waals surface area contributed by atoms with Gasteiger partial charge < -0.3 is 10.5 Å². The fourth-order valence-corrected chi connectivity index (χ4v) is 6.85. The molecule has 0 radical (unpaired) electrons. The molecular formula is C22H26F2N6O2. The van der Waals surface area contributed by atoms with E-state index in [0.717, 1.165) is 18.5 Å². The van der Waals surface area contributed by atoms with Gasteiger partial charge in [-0.3, -0.25) is 4.79 Å². The van der Waals surface area contributed by atoms with E-state index in [2.05, 4.69) is 22.2 Å². The zero-order chi connectivity index (χ0) is 22.6. The molecule has 2 N–H and O–H groups in total. The molecule has 0 bridgehead atoms. The quantitative estimate of drug-likeness (QED) is 0.720. The number of carbonyl (C=O) groups is 1. The topological polar surface area (TPSA) is 109 Å². The van der Waals surface area contributed by atoms with E-state index in [-0.39, 0.29) is 59.0 Å². The molecule has 0 aliphatic heterocycles. The van der Waals surface area contributed by atoms with Crippen molar-refractivity contribution in [2.45, 2.75) is 55.9 Å². The summed E-state index contributed by atoms with van der Waals surface area (Å²) in [6.07, 6.45) is 3.55. The molecule has 2 heterocycles. The number of rotatable bonds is 4. The molecule has 2 aromatic heterocycles. The van der Waals surface area contributed by atoms with Gasteiger partial charge in [0.15, 0.2) is 5.82 Å². The maximum absolute atomic E-state index is 14.8. The van der Waals surface area contributed by atoms with Crippen LogP contribution in [0.1, 0.15) is 49.6 Å². The number of halogens is 2. The minimum atomic E-state index is -2.97. The maximum atomic E-state index is 14.8. The van der Waals surface area contributed by atoms with Crippen molar-refractivity contribution in [1.29, 1.82) is 0 Å². The SMILES string of the molecule is COC(=O)C[C@H]1[C@@H]2CC3C(C[C@]12N)C3(C)c1nc(-c2cnnn2C)nc2c1CCC2(F)F. The van der Waals surface area contributed by atoms with Crippen molar-refractivity contribution >= 4 is 5.97 Å². The second kappa shape index (κ2) is 6.09. The van der Waals surface area contributed by atoms with Crippen LogP contribution in [0.3, 0.4) is 0 Å². The van der Waals surface area contributed by atoms with Crippen LogP contribution in [0.25, 0.3) is 11.5 Å². The number of nitrogens with two attached hydrogens (primary N) is 1. The molecule has 170 valence electrons. The molecule has 3 unspecified atom stereocenters. The Morgan fingerprint density at radius 2 is 2.03 bits per heavy atom. The Bertz CT molecular complexity index is 1150. The first-order valence-corrected chi connectivity index (χ1v) is 11.1. The van der Waals surface area contributed by atoms with Crippen LogP contribution in [0.4, 0.5) is 8.78 Å². The number of esters is 1. The average molecular weight is 444 g/mol. The molecule has 0 amide bonds. The molecule has 6 atom stereocenters. The monoisotopic (exact) mass is 444 g/mol. The highest BCUT2D eigenvalue weighted by Crippen LogP contribution is 2.75. The summed E-state index contributed by atoms with van der Waals surface area (Å²) in [5, 5.41) is 7.77. The Morgan fingerprint density at radius 1 is 1.28 bits per heavy atom. The van der Waals surface area contributed by atoms with Gasteiger partial charge in [0, 0.05) is 30.0 Å². The number of ether oxygens (including phenoxy) is 1. The van der Waals surface area contributed by atoms with Crippen LogP contribution in [-0.2, 0) is 34.3 Å². The van der Waals surface area contributed by atoms with E-state index < -0.39 is 5.92 Å². The molecule has 10 heteroatoms. The van der Waals surface area contributed by atoms with Crippen LogP contribution in [0.5, 0.6) is 0 Å². The van der Waals surface area contributed by atoms with Crippen molar-refractivity contribution in [2.24, 2.45) is 36.5 Å². The fraction of sp³-hybridized carbons (Fsp3) is 0.682. The number of methoxy groups -OCH3 is 1. The van der Waals surface area contributed by atoms with E-state index >= 15 is 0 Å². The van der Waals surface area contributed by atoms with E-state index in [1.165, 1.54) is 18.0 Å². The first-order chi connectivity index (χ1) is 15.1. The second-order valence-electron chi connectivity index (χ2n) is 10.2. The summed E-state index contributed by atoms with van der Waals surface area (Å²) in [7, 11) is 3.09. The third-order valence-corrected chi connectivity index (χ3v) is 8.87. The normalized spacial score (nSPS) is 37.9. The third-order valence-electron chi connectivity index (χ3n) is 8.87. The van der Waals surface area contributed by atoms with Gasteiger partial charge >= 0.3 is 5.97 Å². The molecule has 32 heavy (non-hydrogen) atoms. The number of fused-ring (bicyclic) bond motifs is 3. The number of carbonyl (C=O) groups excluding carboxylic acids is 1. The van der Waals surface area contributed by atoms with Crippen LogP contribution in [0.2, 0.25) is 0 Å². The van der Waals surface area contributed by atoms with Crippen LogP contribution in [0.15, 0.2) is 6.20 Å². The molecule has 2 aromatic rings. The highest BCUT2D eigenvalue weighted by molar-refractivity contribution is 5.70. The summed E-state index contributed by atoms with van der Waals surface area (Å²) in [5.41, 5.74) is 7.72. The zero-order valence-electron chi connectivity index (χ0n) is 18.3. The highest BCUT2D eigenvalue weighted by Gasteiger charge is 2.76. The van der Waals surface area contributed by atoms with Gasteiger partial charge in [0.05, 0.1) is 25.4 Å². The van der Waals surface area contributed by atoms with Gasteiger partial charge in [-0.2, -0.15) is 8.78 Å². The van der Waals surface area contributed by atoms with Crippen molar-refractivity contribution in [2.75, 3.05) is 7.11 Å². The number of alkyl halides is 2. The summed E-state index contributed by atoms with van der Waals surface area (Å²) in [6.45, 7) is 2.14. The van der Waals surface area contributed by atoms with Crippen molar-refractivity contribution in [3.8, 4) is 11.5 Å². The van der Waals surface area contributed by atoms with E-state index in [4.69, 9.17) is 15.5 Å². The van der Waals surface area contributed by atoms with Gasteiger partial charge in [0.2, 0.25) is 0 Å². The second-order valence-corrected chi connectivity index (χ2v) is 10.2. The highest BCUT2D eigenvalue weighted by atomic mass is 19.3. The van der Waals surface area contributed by atoms with E-state index in [9.17, 15) is 13.6 Å². The zero-order valence-corrected chi connectivity index (χ0v) is 18.3. The Labute approximate surface area is 183 Å². The molecule has 0 saturated heterocycles. The Balaban J connectivity index is 1.37. The number of aryl methyl sites for hydroxylation is 1. The predicted octanol–water partition coefficient (Wildman–Crippen LogP) is 2.11. The van der Waals surface area contributed by atoms with Crippen molar-refractivity contribution in [1.82, 2.24) is 25.0 Å². The average Bonchev–Trinajstić information content (AvgIpc) is 3.32. The molecule has 4 aliphatic carbocycles. The molecule has 0 aromatic carbocycles. The standard InChI is InChI=1S/C22H26F2N6O2/c1-20(11-6-12-13(7-16(31)32-3)21(12,25)8-14(11)20)17-10-4-5-22(23,24)18(10)28-19(27-17)15-9-26-29-30(15)2/h9,11-14H,4-8,25H2,1-3H3/t11?,12-,13-,14?,20?,21+/m0/s1. The van der Waals surface area contributed by atoms with Gasteiger partial charge in [0.1, 0.15) is 11.4 Å². The van der Waals surface area contributed by atoms with E-state index in [1.807, 2.05) is 0 Å². The lowest BCUT2D eigenvalue weighted by atomic mass is 9.92. The third kappa shape index (κ3) is 2.47. The first-order valence-electron chi connectivity index (χ1n) is 11.1. The predicted molar refractivity (Wildman–Crippen MR) is 108 cm³/mol. The molecule has 6 rings (SSSR count). The lowest BCUT2D eigenvalue weighted by Gasteiger charge is -2.19. The lowest BCUT2D eigenvalue weighted by Crippen LogP contribution is -2.31. The molecule has 3 saturated carbocycles. The summed E-state index contributed by atoms with van der Waals surface area (Å²) in [4.78, 5) is 20.9. The Morgan fingerprint density at radius 3 is 2.69 bits per heavy atom. The molecular weight excluding hydrogens is 418 g/mol. The number of hydrogen-bond donors (Lipinski definition) is 1. The van der Waals surface area contributed by atoms with E-state index in [0.29, 0.717) is 23.6 Å². The summed E-state index contributed by atoms with van der Waals surface area (Å²) < 4.78 is 35.9. The van der Waals surface area contributed by atoms with Gasteiger partial charge in [-0.1, -0.05) is 12.1 Å². The van der Waals surface area contributed by atoms with Gasteiger partial charge in [-0.15, -0.1) is 5.10 Å². The first kappa shape index (κ1) is 20.1. The Hall–Kier alpha value is -2.49. The largest absolute Gasteiger partial charge is 0.469 e. The van der Waals surface area contributed by atoms with Crippen LogP contribution in [0, 0.1) is 23.7 Å². The number of nitrogens with zero attached hydrogens (tertiary/aromatic N) is 5. The molecule has 8 nitrogen and oxygen atoms in total. The number of hydrogen-bond acceptors (Lipinski definition) is 7. The molecule has 0 spiro atoms. The minimum absolute atomic E-state index is 0.142. The summed E-state index contributed by atoms with van der Waals surface area (Å²) >= 11 is 0. The van der Waals surface area contributed by atoms with Crippen molar-refractivity contribution in [3.05, 3.63) is 23.1 Å². The number of aromatic nitrogens is 5. The van der Waals surface area contributed by atoms with Crippen molar-refractivity contribution < 1.29 is 18.3 Å². The maximum Gasteiger partial charge on any atom is 0.305 e. The van der Waals surface area contributed by atoms with Crippen LogP contribution < -0.4 is 5.73 Å². The van der Waals surface area contributed by atoms with E-state index in [1.54, 1.807) is 7.05 Å². The Kier molecular flexibility index (Phi) is 3.83. The van der Waals surface area contributed by atoms with Crippen molar-refractivity contribution in [3.63, 3.8) is 0 Å². The summed E-state index contributed by atoms with van der Waals surface area (Å²) in [5.74, 6) is -1.96. The summed E-state index contributed by atoms with van der Waals surface area (Å²) in [6, 6.07) is 0. The van der Waals surface area contributed by atoms with Gasteiger partial charge in [-0.05, 0) is 42.9 Å². The van der Waals surface area contributed by atoms with Crippen LogP contribution >= 0.6 is 0 Å². The van der Waals surface area contributed by atoms with Gasteiger partial charge in [0.25, 0.3) is 5.92 Å². The van der Waals surface area contributed by atoms with Crippen LogP contribution in [-0.4, -0.2) is 43.6 Å². The minimum Gasteiger partial charge on any atom is -0.469 e. The fourth-order valence-electron chi connectivity index (χ4n) is 6.85. The van der Waals surface area contributed by atoms with Gasteiger partial charge in [-0.25, -0.2) is 14.6 Å². The lowest BCUT2D eigenvalue weighted by molar-refractivity contribution is -0.141. The smallest absolute Gasteiger partial charge is 0.305 e. The molecule has 4 aliphatic rings.